The molecule has 5 heteroatoms. The first-order valence-electron chi connectivity index (χ1n) is 8.12. The van der Waals surface area contributed by atoms with Crippen LogP contribution in [0.25, 0.3) is 0 Å². The lowest BCUT2D eigenvalue weighted by Gasteiger charge is -2.26. The Balaban J connectivity index is 2.47. The van der Waals surface area contributed by atoms with Crippen LogP contribution in [0.5, 0.6) is 0 Å². The summed E-state index contributed by atoms with van der Waals surface area (Å²) in [5.74, 6) is 0.900. The van der Waals surface area contributed by atoms with Crippen LogP contribution in [-0.4, -0.2) is 43.6 Å². The van der Waals surface area contributed by atoms with Crippen molar-refractivity contribution in [1.29, 1.82) is 0 Å². The lowest BCUT2D eigenvalue weighted by Crippen LogP contribution is -2.16. The van der Waals surface area contributed by atoms with Crippen LogP contribution in [0.1, 0.15) is 58.3 Å². The number of nitrogens with zero attached hydrogens (tertiary/aromatic N) is 1. The molecule has 0 bridgehead atoms. The largest absolute Gasteiger partial charge is 0.318 e. The van der Waals surface area contributed by atoms with Gasteiger partial charge in [0.2, 0.25) is 0 Å². The first-order chi connectivity index (χ1) is 9.56. The van der Waals surface area contributed by atoms with Gasteiger partial charge in [-0.15, -0.1) is 0 Å². The molecule has 1 aliphatic carbocycles. The van der Waals surface area contributed by atoms with E-state index in [1.54, 1.807) is 11.4 Å². The van der Waals surface area contributed by atoms with Crippen molar-refractivity contribution in [3.8, 4) is 0 Å². The van der Waals surface area contributed by atoms with Gasteiger partial charge < -0.3 is 9.42 Å². The first kappa shape index (κ1) is 18.5. The van der Waals surface area contributed by atoms with Gasteiger partial charge in [0, 0.05) is 18.5 Å². The van der Waals surface area contributed by atoms with E-state index < -0.39 is 6.57 Å². The van der Waals surface area contributed by atoms with Crippen molar-refractivity contribution < 1.29 is 9.09 Å². The lowest BCUT2D eigenvalue weighted by atomic mass is 9.99. The highest BCUT2D eigenvalue weighted by Gasteiger charge is 2.27. The molecule has 0 aromatic carbocycles. The van der Waals surface area contributed by atoms with Crippen LogP contribution in [0, 0.1) is 0 Å². The Kier molecular flexibility index (Phi) is 9.52. The van der Waals surface area contributed by atoms with Crippen LogP contribution in [0.2, 0.25) is 0 Å². The topological polar surface area (TPSA) is 29.5 Å². The second-order valence-electron chi connectivity index (χ2n) is 6.04. The highest BCUT2D eigenvalue weighted by atomic mass is 32.7. The molecule has 1 atom stereocenters. The van der Waals surface area contributed by atoms with Gasteiger partial charge in [0.15, 0.2) is 0 Å². The maximum atomic E-state index is 13.0. The fourth-order valence-corrected chi connectivity index (χ4v) is 7.33. The van der Waals surface area contributed by atoms with E-state index in [1.807, 2.05) is 0 Å². The summed E-state index contributed by atoms with van der Waals surface area (Å²) in [5.41, 5.74) is 0. The monoisotopic (exact) mass is 321 g/mol. The molecule has 0 amide bonds. The fraction of sp³-hybridized carbons (Fsp3) is 1.00. The number of hydrogen-bond donors (Lipinski definition) is 0. The van der Waals surface area contributed by atoms with E-state index in [0.29, 0.717) is 0 Å². The average molecular weight is 321 g/mol. The molecule has 0 aromatic rings. The summed E-state index contributed by atoms with van der Waals surface area (Å²) < 4.78 is 19.1. The predicted octanol–water partition coefficient (Wildman–Crippen LogP) is 5.01. The Morgan fingerprint density at radius 1 is 1.15 bits per heavy atom. The maximum Gasteiger partial charge on any atom is 0.257 e. The molecule has 0 N–H and O–H groups in total. The third-order valence-corrected chi connectivity index (χ3v) is 8.59. The van der Waals surface area contributed by atoms with Crippen molar-refractivity contribution >= 4 is 18.0 Å². The Bertz CT molecular complexity index is 292. The van der Waals surface area contributed by atoms with E-state index in [1.165, 1.54) is 32.1 Å². The van der Waals surface area contributed by atoms with Crippen LogP contribution in [0.4, 0.5) is 0 Å². The Morgan fingerprint density at radius 3 is 2.30 bits per heavy atom. The summed E-state index contributed by atoms with van der Waals surface area (Å²) in [5, 5.41) is 0. The van der Waals surface area contributed by atoms with Crippen LogP contribution >= 0.6 is 18.0 Å². The van der Waals surface area contributed by atoms with Crippen molar-refractivity contribution in [2.45, 2.75) is 64.4 Å². The smallest absolute Gasteiger partial charge is 0.257 e. The lowest BCUT2D eigenvalue weighted by molar-refractivity contribution is 0.175. The Labute approximate surface area is 129 Å². The van der Waals surface area contributed by atoms with Gasteiger partial charge in [-0.2, -0.15) is 0 Å². The van der Waals surface area contributed by atoms with Crippen molar-refractivity contribution in [1.82, 2.24) is 4.90 Å². The fourth-order valence-electron chi connectivity index (χ4n) is 2.54. The second kappa shape index (κ2) is 10.3. The zero-order valence-corrected chi connectivity index (χ0v) is 15.2. The van der Waals surface area contributed by atoms with Gasteiger partial charge in [0.25, 0.3) is 6.57 Å². The van der Waals surface area contributed by atoms with Gasteiger partial charge in [-0.05, 0) is 33.4 Å². The number of hydrogen-bond acceptors (Lipinski definition) is 4. The molecule has 0 aromatic heterocycles. The first-order valence-corrected chi connectivity index (χ1v) is 11.5. The minimum Gasteiger partial charge on any atom is -0.318 e. The van der Waals surface area contributed by atoms with Crippen LogP contribution in [0.15, 0.2) is 0 Å². The standard InChI is InChI=1S/C15H32NO2PS/c1-4-13-19(17,20-14-12-16(2)3)18-15-10-8-6-5-7-9-11-15/h15H,4-14H2,1-3H3. The summed E-state index contributed by atoms with van der Waals surface area (Å²) in [6.07, 6.45) is 10.6. The van der Waals surface area contributed by atoms with E-state index >= 15 is 0 Å². The quantitative estimate of drug-likeness (QED) is 0.587. The van der Waals surface area contributed by atoms with Gasteiger partial charge in [0.05, 0.1) is 6.10 Å². The summed E-state index contributed by atoms with van der Waals surface area (Å²) in [6.45, 7) is 0.575. The highest BCUT2D eigenvalue weighted by molar-refractivity contribution is 8.56. The van der Waals surface area contributed by atoms with Crippen molar-refractivity contribution in [3.05, 3.63) is 0 Å². The molecule has 20 heavy (non-hydrogen) atoms. The molecular weight excluding hydrogens is 289 g/mol. The van der Waals surface area contributed by atoms with E-state index in [-0.39, 0.29) is 6.10 Å². The van der Waals surface area contributed by atoms with E-state index in [0.717, 1.165) is 37.7 Å². The number of rotatable bonds is 8. The molecule has 0 radical (unpaired) electrons. The molecule has 1 fully saturated rings. The summed E-state index contributed by atoms with van der Waals surface area (Å²) >= 11 is 1.57. The molecule has 1 unspecified atom stereocenters. The minimum atomic E-state index is -2.49. The van der Waals surface area contributed by atoms with Crippen molar-refractivity contribution in [2.24, 2.45) is 0 Å². The maximum absolute atomic E-state index is 13.0. The molecule has 1 saturated carbocycles. The van der Waals surface area contributed by atoms with Crippen molar-refractivity contribution in [2.75, 3.05) is 32.6 Å². The van der Waals surface area contributed by atoms with Crippen LogP contribution in [0.3, 0.4) is 0 Å². The van der Waals surface area contributed by atoms with Crippen molar-refractivity contribution in [3.63, 3.8) is 0 Å². The summed E-state index contributed by atoms with van der Waals surface area (Å²) in [4.78, 5) is 2.14. The van der Waals surface area contributed by atoms with E-state index in [9.17, 15) is 4.57 Å². The third-order valence-electron chi connectivity index (χ3n) is 3.69. The van der Waals surface area contributed by atoms with Gasteiger partial charge >= 0.3 is 0 Å². The molecular formula is C15H32NO2PS. The van der Waals surface area contributed by atoms with Crippen LogP contribution < -0.4 is 0 Å². The van der Waals surface area contributed by atoms with Gasteiger partial charge in [-0.1, -0.05) is 50.4 Å². The third kappa shape index (κ3) is 8.07. The molecule has 0 aliphatic heterocycles. The average Bonchev–Trinajstić information content (AvgIpc) is 2.32. The molecule has 120 valence electrons. The molecule has 3 nitrogen and oxygen atoms in total. The van der Waals surface area contributed by atoms with E-state index in [2.05, 4.69) is 25.9 Å². The zero-order valence-electron chi connectivity index (χ0n) is 13.5. The Morgan fingerprint density at radius 2 is 1.75 bits per heavy atom. The minimum absolute atomic E-state index is 0.236. The van der Waals surface area contributed by atoms with Gasteiger partial charge in [-0.25, -0.2) is 0 Å². The van der Waals surface area contributed by atoms with Crippen LogP contribution in [-0.2, 0) is 9.09 Å². The Hall–Kier alpha value is 0.500. The SMILES string of the molecule is CCCP(=O)(OC1CCCCCCC1)SCCN(C)C. The zero-order chi connectivity index (χ0) is 14.8. The molecule has 1 aliphatic rings. The summed E-state index contributed by atoms with van der Waals surface area (Å²) in [7, 11) is 4.11. The highest BCUT2D eigenvalue weighted by Crippen LogP contribution is 2.61. The predicted molar refractivity (Wildman–Crippen MR) is 91.0 cm³/mol. The van der Waals surface area contributed by atoms with E-state index in [4.69, 9.17) is 4.52 Å². The van der Waals surface area contributed by atoms with Gasteiger partial charge in [-0.3, -0.25) is 4.57 Å². The molecule has 0 spiro atoms. The molecule has 1 rings (SSSR count). The summed E-state index contributed by atoms with van der Waals surface area (Å²) in [6, 6.07) is 0. The second-order valence-corrected chi connectivity index (χ2v) is 11.0. The van der Waals surface area contributed by atoms with Gasteiger partial charge in [0.1, 0.15) is 0 Å². The molecule has 0 heterocycles. The normalized spacial score (nSPS) is 21.4. The molecule has 0 saturated heterocycles.